The number of rotatable bonds is 6. The molecule has 0 saturated carbocycles. The van der Waals surface area contributed by atoms with Crippen LogP contribution in [0.25, 0.3) is 0 Å². The maximum Gasteiger partial charge on any atom is 0.00965 e. The molecule has 0 radical (unpaired) electrons. The van der Waals surface area contributed by atoms with Gasteiger partial charge < -0.3 is 10.2 Å². The van der Waals surface area contributed by atoms with Crippen LogP contribution in [0.3, 0.4) is 0 Å². The Morgan fingerprint density at radius 1 is 1.13 bits per heavy atom. The molecular formula is C13H30N2. The SMILES string of the molecule is CC(C)C(C)N(C)CCCNC(C)(C)C. The second-order valence-corrected chi connectivity index (χ2v) is 6.00. The van der Waals surface area contributed by atoms with Crippen LogP contribution in [0.4, 0.5) is 0 Å². The Kier molecular flexibility index (Phi) is 6.46. The fourth-order valence-electron chi connectivity index (χ4n) is 1.50. The molecule has 92 valence electrons. The normalized spacial score (nSPS) is 15.0. The molecular weight excluding hydrogens is 184 g/mol. The lowest BCUT2D eigenvalue weighted by Gasteiger charge is -2.28. The molecule has 0 amide bonds. The molecule has 2 nitrogen and oxygen atoms in total. The second-order valence-electron chi connectivity index (χ2n) is 6.00. The molecule has 0 rings (SSSR count). The molecule has 0 spiro atoms. The summed E-state index contributed by atoms with van der Waals surface area (Å²) in [5.74, 6) is 0.741. The summed E-state index contributed by atoms with van der Waals surface area (Å²) in [4.78, 5) is 2.45. The van der Waals surface area contributed by atoms with Crippen molar-refractivity contribution in [3.8, 4) is 0 Å². The van der Waals surface area contributed by atoms with Crippen molar-refractivity contribution in [2.75, 3.05) is 20.1 Å². The minimum Gasteiger partial charge on any atom is -0.312 e. The van der Waals surface area contributed by atoms with E-state index in [4.69, 9.17) is 0 Å². The Bertz CT molecular complexity index is 158. The molecule has 0 heterocycles. The Labute approximate surface area is 96.4 Å². The van der Waals surface area contributed by atoms with Crippen molar-refractivity contribution < 1.29 is 0 Å². The van der Waals surface area contributed by atoms with Gasteiger partial charge in [-0.05, 0) is 60.2 Å². The largest absolute Gasteiger partial charge is 0.312 e. The van der Waals surface area contributed by atoms with Gasteiger partial charge >= 0.3 is 0 Å². The first-order valence-electron chi connectivity index (χ1n) is 6.19. The molecule has 0 aromatic heterocycles. The van der Waals surface area contributed by atoms with Crippen molar-refractivity contribution in [2.45, 2.75) is 59.5 Å². The highest BCUT2D eigenvalue weighted by atomic mass is 15.1. The van der Waals surface area contributed by atoms with E-state index in [0.29, 0.717) is 6.04 Å². The monoisotopic (exact) mass is 214 g/mol. The van der Waals surface area contributed by atoms with E-state index in [1.54, 1.807) is 0 Å². The lowest BCUT2D eigenvalue weighted by atomic mass is 10.1. The van der Waals surface area contributed by atoms with Crippen molar-refractivity contribution in [3.05, 3.63) is 0 Å². The molecule has 0 aromatic rings. The van der Waals surface area contributed by atoms with Gasteiger partial charge in [0.1, 0.15) is 0 Å². The third kappa shape index (κ3) is 7.80. The predicted octanol–water partition coefficient (Wildman–Crippen LogP) is 2.74. The fourth-order valence-corrected chi connectivity index (χ4v) is 1.50. The topological polar surface area (TPSA) is 15.3 Å². The van der Waals surface area contributed by atoms with Gasteiger partial charge in [-0.25, -0.2) is 0 Å². The Morgan fingerprint density at radius 2 is 1.67 bits per heavy atom. The van der Waals surface area contributed by atoms with E-state index in [-0.39, 0.29) is 5.54 Å². The van der Waals surface area contributed by atoms with Gasteiger partial charge in [0.15, 0.2) is 0 Å². The minimum atomic E-state index is 0.252. The average Bonchev–Trinajstić information content (AvgIpc) is 2.09. The zero-order valence-electron chi connectivity index (χ0n) is 11.7. The molecule has 1 atom stereocenters. The molecule has 0 saturated heterocycles. The van der Waals surface area contributed by atoms with Gasteiger partial charge in [0, 0.05) is 11.6 Å². The van der Waals surface area contributed by atoms with Crippen LogP contribution in [0.1, 0.15) is 48.0 Å². The van der Waals surface area contributed by atoms with Crippen molar-refractivity contribution in [1.29, 1.82) is 0 Å². The van der Waals surface area contributed by atoms with Gasteiger partial charge in [-0.15, -0.1) is 0 Å². The average molecular weight is 214 g/mol. The highest BCUT2D eigenvalue weighted by molar-refractivity contribution is 4.71. The molecule has 0 aromatic carbocycles. The maximum atomic E-state index is 3.52. The molecule has 0 aliphatic rings. The standard InChI is InChI=1S/C13H30N2/c1-11(2)12(3)15(7)10-8-9-14-13(4,5)6/h11-12,14H,8-10H2,1-7H3. The number of nitrogens with zero attached hydrogens (tertiary/aromatic N) is 1. The van der Waals surface area contributed by atoms with Crippen molar-refractivity contribution >= 4 is 0 Å². The molecule has 2 heteroatoms. The first-order chi connectivity index (χ1) is 6.74. The minimum absolute atomic E-state index is 0.252. The van der Waals surface area contributed by atoms with Crippen molar-refractivity contribution in [1.82, 2.24) is 10.2 Å². The third-order valence-corrected chi connectivity index (χ3v) is 3.00. The summed E-state index contributed by atoms with van der Waals surface area (Å²) < 4.78 is 0. The third-order valence-electron chi connectivity index (χ3n) is 3.00. The van der Waals surface area contributed by atoms with Crippen LogP contribution >= 0.6 is 0 Å². The molecule has 0 fully saturated rings. The van der Waals surface area contributed by atoms with E-state index in [0.717, 1.165) is 12.5 Å². The van der Waals surface area contributed by atoms with Crippen LogP contribution in [0.5, 0.6) is 0 Å². The van der Waals surface area contributed by atoms with Crippen LogP contribution in [-0.4, -0.2) is 36.6 Å². The molecule has 1 unspecified atom stereocenters. The first kappa shape index (κ1) is 14.9. The highest BCUT2D eigenvalue weighted by Crippen LogP contribution is 2.08. The molecule has 0 bridgehead atoms. The van der Waals surface area contributed by atoms with Crippen LogP contribution < -0.4 is 5.32 Å². The second kappa shape index (κ2) is 6.49. The molecule has 0 aliphatic carbocycles. The maximum absolute atomic E-state index is 3.52. The summed E-state index contributed by atoms with van der Waals surface area (Å²) in [6.45, 7) is 15.8. The van der Waals surface area contributed by atoms with Gasteiger partial charge in [0.2, 0.25) is 0 Å². The smallest absolute Gasteiger partial charge is 0.00965 e. The fraction of sp³-hybridized carbons (Fsp3) is 1.00. The zero-order valence-corrected chi connectivity index (χ0v) is 11.7. The highest BCUT2D eigenvalue weighted by Gasteiger charge is 2.13. The van der Waals surface area contributed by atoms with Crippen LogP contribution in [-0.2, 0) is 0 Å². The Balaban J connectivity index is 3.60. The summed E-state index contributed by atoms with van der Waals surface area (Å²) >= 11 is 0. The van der Waals surface area contributed by atoms with Crippen molar-refractivity contribution in [3.63, 3.8) is 0 Å². The summed E-state index contributed by atoms with van der Waals surface area (Å²) in [6, 6.07) is 0.680. The summed E-state index contributed by atoms with van der Waals surface area (Å²) in [5, 5.41) is 3.52. The summed E-state index contributed by atoms with van der Waals surface area (Å²) in [6.07, 6.45) is 1.23. The van der Waals surface area contributed by atoms with Gasteiger partial charge in [-0.3, -0.25) is 0 Å². The van der Waals surface area contributed by atoms with E-state index in [1.807, 2.05) is 0 Å². The summed E-state index contributed by atoms with van der Waals surface area (Å²) in [7, 11) is 2.22. The quantitative estimate of drug-likeness (QED) is 0.684. The van der Waals surface area contributed by atoms with E-state index in [9.17, 15) is 0 Å². The van der Waals surface area contributed by atoms with Gasteiger partial charge in [0.25, 0.3) is 0 Å². The number of nitrogens with one attached hydrogen (secondary N) is 1. The number of hydrogen-bond acceptors (Lipinski definition) is 2. The van der Waals surface area contributed by atoms with Crippen LogP contribution in [0, 0.1) is 5.92 Å². The predicted molar refractivity (Wildman–Crippen MR) is 69.3 cm³/mol. The lowest BCUT2D eigenvalue weighted by Crippen LogP contribution is -2.39. The van der Waals surface area contributed by atoms with Gasteiger partial charge in [0.05, 0.1) is 0 Å². The Hall–Kier alpha value is -0.0800. The lowest BCUT2D eigenvalue weighted by molar-refractivity contribution is 0.203. The molecule has 0 aliphatic heterocycles. The Morgan fingerprint density at radius 3 is 2.07 bits per heavy atom. The van der Waals surface area contributed by atoms with Crippen LogP contribution in [0.2, 0.25) is 0 Å². The van der Waals surface area contributed by atoms with E-state index in [2.05, 4.69) is 58.8 Å². The van der Waals surface area contributed by atoms with Crippen molar-refractivity contribution in [2.24, 2.45) is 5.92 Å². The van der Waals surface area contributed by atoms with E-state index in [1.165, 1.54) is 13.0 Å². The van der Waals surface area contributed by atoms with E-state index < -0.39 is 0 Å². The summed E-state index contributed by atoms with van der Waals surface area (Å²) in [5.41, 5.74) is 0.252. The zero-order chi connectivity index (χ0) is 12.1. The molecule has 15 heavy (non-hydrogen) atoms. The molecule has 1 N–H and O–H groups in total. The number of hydrogen-bond donors (Lipinski definition) is 1. The van der Waals surface area contributed by atoms with Crippen LogP contribution in [0.15, 0.2) is 0 Å². The van der Waals surface area contributed by atoms with Gasteiger partial charge in [-0.1, -0.05) is 13.8 Å². The van der Waals surface area contributed by atoms with E-state index >= 15 is 0 Å². The first-order valence-corrected chi connectivity index (χ1v) is 6.19. The van der Waals surface area contributed by atoms with Gasteiger partial charge in [-0.2, -0.15) is 0 Å².